The van der Waals surface area contributed by atoms with E-state index in [-0.39, 0.29) is 5.78 Å². The van der Waals surface area contributed by atoms with Gasteiger partial charge < -0.3 is 4.74 Å². The molecule has 1 aromatic carbocycles. The molecular formula is C22H30O2. The van der Waals surface area contributed by atoms with Gasteiger partial charge in [0.05, 0.1) is 0 Å². The maximum absolute atomic E-state index is 12.7. The van der Waals surface area contributed by atoms with Crippen molar-refractivity contribution in [2.45, 2.75) is 64.4 Å². The number of unbranched alkanes of at least 4 members (excludes halogenated alkanes) is 3. The van der Waals surface area contributed by atoms with Crippen molar-refractivity contribution in [1.29, 1.82) is 0 Å². The lowest BCUT2D eigenvalue weighted by Gasteiger charge is -2.31. The minimum absolute atomic E-state index is 0.208. The molecule has 0 bridgehead atoms. The monoisotopic (exact) mass is 326 g/mol. The lowest BCUT2D eigenvalue weighted by Crippen LogP contribution is -2.40. The number of hydrogen-bond donors (Lipinski definition) is 0. The molecule has 0 aromatic heterocycles. The topological polar surface area (TPSA) is 26.3 Å². The molecule has 0 heterocycles. The average molecular weight is 326 g/mol. The van der Waals surface area contributed by atoms with Crippen LogP contribution < -0.4 is 0 Å². The molecule has 2 rings (SSSR count). The van der Waals surface area contributed by atoms with Gasteiger partial charge in [-0.3, -0.25) is 4.79 Å². The summed E-state index contributed by atoms with van der Waals surface area (Å²) in [6.07, 6.45) is 12.9. The van der Waals surface area contributed by atoms with Crippen LogP contribution >= 0.6 is 0 Å². The maximum Gasteiger partial charge on any atom is 0.168 e. The number of rotatable bonds is 10. The van der Waals surface area contributed by atoms with E-state index in [0.717, 1.165) is 12.8 Å². The molecule has 1 unspecified atom stereocenters. The van der Waals surface area contributed by atoms with Gasteiger partial charge in [0.2, 0.25) is 0 Å². The smallest absolute Gasteiger partial charge is 0.168 e. The van der Waals surface area contributed by atoms with Crippen LogP contribution in [0.3, 0.4) is 0 Å². The van der Waals surface area contributed by atoms with Crippen LogP contribution in [-0.2, 0) is 9.53 Å². The lowest BCUT2D eigenvalue weighted by molar-refractivity contribution is -0.138. The van der Waals surface area contributed by atoms with Crippen molar-refractivity contribution in [2.24, 2.45) is 0 Å². The fourth-order valence-corrected chi connectivity index (χ4v) is 3.08. The number of carbonyl (C=O) groups is 1. The molecule has 1 aliphatic carbocycles. The van der Waals surface area contributed by atoms with Gasteiger partial charge in [-0.1, -0.05) is 75.6 Å². The van der Waals surface area contributed by atoms with E-state index < -0.39 is 5.60 Å². The van der Waals surface area contributed by atoms with Gasteiger partial charge in [-0.05, 0) is 30.1 Å². The highest BCUT2D eigenvalue weighted by Crippen LogP contribution is 2.31. The van der Waals surface area contributed by atoms with Gasteiger partial charge in [0, 0.05) is 19.4 Å². The first-order valence-corrected chi connectivity index (χ1v) is 9.34. The van der Waals surface area contributed by atoms with Crippen molar-refractivity contribution < 1.29 is 9.53 Å². The van der Waals surface area contributed by atoms with Crippen LogP contribution in [0, 0.1) is 0 Å². The van der Waals surface area contributed by atoms with E-state index in [1.54, 1.807) is 0 Å². The van der Waals surface area contributed by atoms with Crippen LogP contribution in [0.5, 0.6) is 0 Å². The molecule has 2 nitrogen and oxygen atoms in total. The fraction of sp³-hybridized carbons (Fsp3) is 0.500. The van der Waals surface area contributed by atoms with Gasteiger partial charge in [0.1, 0.15) is 5.60 Å². The molecular weight excluding hydrogens is 296 g/mol. The molecule has 0 saturated carbocycles. The van der Waals surface area contributed by atoms with Gasteiger partial charge in [-0.25, -0.2) is 0 Å². The Morgan fingerprint density at radius 1 is 1.08 bits per heavy atom. The van der Waals surface area contributed by atoms with Crippen LogP contribution in [-0.4, -0.2) is 18.0 Å². The molecule has 2 heteroatoms. The Kier molecular flexibility index (Phi) is 7.45. The molecule has 130 valence electrons. The molecule has 1 atom stereocenters. The summed E-state index contributed by atoms with van der Waals surface area (Å²) < 4.78 is 6.13. The van der Waals surface area contributed by atoms with E-state index in [9.17, 15) is 4.79 Å². The summed E-state index contributed by atoms with van der Waals surface area (Å²) in [5.74, 6) is 0.208. The van der Waals surface area contributed by atoms with E-state index in [0.29, 0.717) is 19.4 Å². The Morgan fingerprint density at radius 3 is 2.50 bits per heavy atom. The summed E-state index contributed by atoms with van der Waals surface area (Å²) in [4.78, 5) is 12.7. The zero-order valence-electron chi connectivity index (χ0n) is 15.1. The van der Waals surface area contributed by atoms with Crippen LogP contribution in [0.4, 0.5) is 0 Å². The third-order valence-corrected chi connectivity index (χ3v) is 4.57. The number of allylic oxidation sites excluding steroid dienone is 2. The van der Waals surface area contributed by atoms with E-state index in [1.165, 1.54) is 30.4 Å². The summed E-state index contributed by atoms with van der Waals surface area (Å²) in [5.41, 5.74) is 1.61. The molecule has 0 radical (unpaired) electrons. The highest BCUT2D eigenvalue weighted by Gasteiger charge is 2.36. The zero-order valence-corrected chi connectivity index (χ0v) is 15.1. The molecule has 0 N–H and O–H groups in total. The Morgan fingerprint density at radius 2 is 1.88 bits per heavy atom. The van der Waals surface area contributed by atoms with Gasteiger partial charge in [0.15, 0.2) is 5.78 Å². The molecule has 0 saturated heterocycles. The first-order chi connectivity index (χ1) is 11.7. The first kappa shape index (κ1) is 18.7. The Labute approximate surface area is 146 Å². The molecule has 0 spiro atoms. The number of carbonyl (C=O) groups excluding carboxylic acids is 1. The standard InChI is InChI=1S/C22H30O2/c1-3-5-6-10-18-24-22(21(23)11-4-2)16-14-20(15-17-22)19-12-8-7-9-13-19/h7-9,12-16H,3-6,10-11,17-18H2,1-2H3. The number of hydrogen-bond acceptors (Lipinski definition) is 2. The summed E-state index contributed by atoms with van der Waals surface area (Å²) in [6.45, 7) is 4.91. The molecule has 0 aliphatic heterocycles. The second kappa shape index (κ2) is 9.58. The summed E-state index contributed by atoms with van der Waals surface area (Å²) in [7, 11) is 0. The molecule has 1 aliphatic rings. The van der Waals surface area contributed by atoms with Crippen LogP contribution in [0.15, 0.2) is 48.6 Å². The van der Waals surface area contributed by atoms with E-state index in [4.69, 9.17) is 4.74 Å². The van der Waals surface area contributed by atoms with Gasteiger partial charge in [-0.15, -0.1) is 0 Å². The minimum atomic E-state index is -0.749. The van der Waals surface area contributed by atoms with Crippen LogP contribution in [0.2, 0.25) is 0 Å². The summed E-state index contributed by atoms with van der Waals surface area (Å²) in [6, 6.07) is 10.3. The number of Topliss-reactive ketones (excluding diaryl/α,β-unsaturated/α-hetero) is 1. The van der Waals surface area contributed by atoms with Crippen molar-refractivity contribution in [2.75, 3.05) is 6.61 Å². The second-order valence-corrected chi connectivity index (χ2v) is 6.53. The third kappa shape index (κ3) is 4.91. The fourth-order valence-electron chi connectivity index (χ4n) is 3.08. The van der Waals surface area contributed by atoms with E-state index in [1.807, 2.05) is 31.2 Å². The van der Waals surface area contributed by atoms with Crippen LogP contribution in [0.25, 0.3) is 5.57 Å². The average Bonchev–Trinajstić information content (AvgIpc) is 2.63. The summed E-state index contributed by atoms with van der Waals surface area (Å²) >= 11 is 0. The van der Waals surface area contributed by atoms with Crippen molar-refractivity contribution in [3.8, 4) is 0 Å². The Bertz CT molecular complexity index is 571. The highest BCUT2D eigenvalue weighted by atomic mass is 16.5. The predicted molar refractivity (Wildman–Crippen MR) is 101 cm³/mol. The van der Waals surface area contributed by atoms with Crippen molar-refractivity contribution in [1.82, 2.24) is 0 Å². The second-order valence-electron chi connectivity index (χ2n) is 6.53. The first-order valence-electron chi connectivity index (χ1n) is 9.34. The third-order valence-electron chi connectivity index (χ3n) is 4.57. The molecule has 24 heavy (non-hydrogen) atoms. The highest BCUT2D eigenvalue weighted by molar-refractivity contribution is 5.92. The van der Waals surface area contributed by atoms with E-state index in [2.05, 4.69) is 31.2 Å². The number of ether oxygens (including phenoxy) is 1. The van der Waals surface area contributed by atoms with Crippen molar-refractivity contribution >= 4 is 11.4 Å². The molecule has 0 amide bonds. The van der Waals surface area contributed by atoms with Crippen molar-refractivity contribution in [3.05, 3.63) is 54.1 Å². The lowest BCUT2D eigenvalue weighted by atomic mass is 9.84. The largest absolute Gasteiger partial charge is 0.363 e. The van der Waals surface area contributed by atoms with Crippen molar-refractivity contribution in [3.63, 3.8) is 0 Å². The number of benzene rings is 1. The molecule has 0 fully saturated rings. The SMILES string of the molecule is CCCCCCOC1(C(=O)CCC)C=CC(c2ccccc2)=CC1. The molecule has 1 aromatic rings. The Hall–Kier alpha value is -1.67. The predicted octanol–water partition coefficient (Wildman–Crippen LogP) is 5.73. The maximum atomic E-state index is 12.7. The normalized spacial score (nSPS) is 20.0. The zero-order chi connectivity index (χ0) is 17.3. The van der Waals surface area contributed by atoms with Gasteiger partial charge in [0.25, 0.3) is 0 Å². The minimum Gasteiger partial charge on any atom is -0.363 e. The number of ketones is 1. The quantitative estimate of drug-likeness (QED) is 0.513. The van der Waals surface area contributed by atoms with Gasteiger partial charge in [-0.2, -0.15) is 0 Å². The Balaban J connectivity index is 2.05. The van der Waals surface area contributed by atoms with Crippen LogP contribution in [0.1, 0.15) is 64.4 Å². The van der Waals surface area contributed by atoms with E-state index >= 15 is 0 Å². The van der Waals surface area contributed by atoms with Gasteiger partial charge >= 0.3 is 0 Å². The summed E-state index contributed by atoms with van der Waals surface area (Å²) in [5, 5.41) is 0.